The molecule has 0 amide bonds. The van der Waals surface area contributed by atoms with Gasteiger partial charge in [0.15, 0.2) is 5.41 Å². The Balaban J connectivity index is 2.36. The van der Waals surface area contributed by atoms with Gasteiger partial charge in [-0.1, -0.05) is 39.5 Å². The van der Waals surface area contributed by atoms with E-state index in [2.05, 4.69) is 13.8 Å². The highest BCUT2D eigenvalue weighted by Crippen LogP contribution is 2.43. The van der Waals surface area contributed by atoms with Crippen LogP contribution in [0.3, 0.4) is 0 Å². The fraction of sp³-hybridized carbons (Fsp3) is 0.875. The van der Waals surface area contributed by atoms with Crippen LogP contribution in [-0.4, -0.2) is 25.2 Å². The SMILES string of the molecule is CCCCCOC(=O)C1(C(=O)OCCCCC)CCC1. The van der Waals surface area contributed by atoms with Crippen LogP contribution in [0.15, 0.2) is 0 Å². The summed E-state index contributed by atoms with van der Waals surface area (Å²) >= 11 is 0. The molecule has 0 aromatic carbocycles. The van der Waals surface area contributed by atoms with Gasteiger partial charge in [-0.05, 0) is 32.1 Å². The van der Waals surface area contributed by atoms with E-state index in [1.165, 1.54) is 0 Å². The highest BCUT2D eigenvalue weighted by Gasteiger charge is 2.53. The molecular weight excluding hydrogens is 256 g/mol. The first-order valence-electron chi connectivity index (χ1n) is 8.02. The van der Waals surface area contributed by atoms with E-state index >= 15 is 0 Å². The monoisotopic (exact) mass is 284 g/mol. The van der Waals surface area contributed by atoms with Crippen molar-refractivity contribution in [2.45, 2.75) is 71.6 Å². The third kappa shape index (κ3) is 4.50. The Hall–Kier alpha value is -1.06. The first kappa shape index (κ1) is 17.0. The van der Waals surface area contributed by atoms with Gasteiger partial charge in [-0.3, -0.25) is 9.59 Å². The summed E-state index contributed by atoms with van der Waals surface area (Å²) in [6.07, 6.45) is 8.04. The van der Waals surface area contributed by atoms with Gasteiger partial charge in [0.2, 0.25) is 0 Å². The average Bonchev–Trinajstić information content (AvgIpc) is 2.38. The van der Waals surface area contributed by atoms with Gasteiger partial charge in [-0.25, -0.2) is 0 Å². The number of carbonyl (C=O) groups excluding carboxylic acids is 2. The van der Waals surface area contributed by atoms with Crippen molar-refractivity contribution in [1.29, 1.82) is 0 Å². The van der Waals surface area contributed by atoms with E-state index in [9.17, 15) is 9.59 Å². The fourth-order valence-electron chi connectivity index (χ4n) is 2.33. The second kappa shape index (κ2) is 8.98. The highest BCUT2D eigenvalue weighted by atomic mass is 16.6. The Kier molecular flexibility index (Phi) is 7.63. The molecule has 1 aliphatic rings. The van der Waals surface area contributed by atoms with E-state index < -0.39 is 5.41 Å². The normalized spacial score (nSPS) is 16.3. The zero-order chi connectivity index (χ0) is 14.8. The maximum atomic E-state index is 12.1. The van der Waals surface area contributed by atoms with Gasteiger partial charge in [-0.15, -0.1) is 0 Å². The molecule has 0 unspecified atom stereocenters. The van der Waals surface area contributed by atoms with Gasteiger partial charge in [0.25, 0.3) is 0 Å². The lowest BCUT2D eigenvalue weighted by Crippen LogP contribution is -2.47. The van der Waals surface area contributed by atoms with Crippen molar-refractivity contribution in [2.24, 2.45) is 5.41 Å². The first-order chi connectivity index (χ1) is 9.67. The van der Waals surface area contributed by atoms with Gasteiger partial charge in [0.1, 0.15) is 0 Å². The number of hydrogen-bond acceptors (Lipinski definition) is 4. The second-order valence-corrected chi connectivity index (χ2v) is 5.62. The molecule has 0 aromatic heterocycles. The molecule has 0 saturated heterocycles. The second-order valence-electron chi connectivity index (χ2n) is 5.62. The molecular formula is C16H28O4. The van der Waals surface area contributed by atoms with Crippen LogP contribution in [0.1, 0.15) is 71.6 Å². The maximum absolute atomic E-state index is 12.1. The predicted molar refractivity (Wildman–Crippen MR) is 77.3 cm³/mol. The molecule has 20 heavy (non-hydrogen) atoms. The number of esters is 2. The lowest BCUT2D eigenvalue weighted by atomic mass is 9.69. The van der Waals surface area contributed by atoms with Crippen LogP contribution in [0.25, 0.3) is 0 Å². The summed E-state index contributed by atoms with van der Waals surface area (Å²) in [5.41, 5.74) is -0.988. The number of hydrogen-bond donors (Lipinski definition) is 0. The zero-order valence-corrected chi connectivity index (χ0v) is 12.9. The van der Waals surface area contributed by atoms with Gasteiger partial charge < -0.3 is 9.47 Å². The summed E-state index contributed by atoms with van der Waals surface area (Å²) in [5.74, 6) is -0.749. The van der Waals surface area contributed by atoms with Crippen molar-refractivity contribution in [3.05, 3.63) is 0 Å². The van der Waals surface area contributed by atoms with Crippen molar-refractivity contribution >= 4 is 11.9 Å². The van der Waals surface area contributed by atoms with Crippen molar-refractivity contribution in [3.8, 4) is 0 Å². The molecule has 0 heterocycles. The summed E-state index contributed by atoms with van der Waals surface area (Å²) in [6.45, 7) is 5.03. The van der Waals surface area contributed by atoms with Gasteiger partial charge in [0.05, 0.1) is 13.2 Å². The molecule has 0 spiro atoms. The molecule has 116 valence electrons. The molecule has 0 N–H and O–H groups in total. The third-order valence-corrected chi connectivity index (χ3v) is 3.95. The van der Waals surface area contributed by atoms with Crippen LogP contribution < -0.4 is 0 Å². The van der Waals surface area contributed by atoms with E-state index in [4.69, 9.17) is 9.47 Å². The van der Waals surface area contributed by atoms with Gasteiger partial charge >= 0.3 is 11.9 Å². The molecule has 1 fully saturated rings. The van der Waals surface area contributed by atoms with E-state index in [1.807, 2.05) is 0 Å². The van der Waals surface area contributed by atoms with Crippen LogP contribution in [-0.2, 0) is 19.1 Å². The largest absolute Gasteiger partial charge is 0.465 e. The average molecular weight is 284 g/mol. The minimum absolute atomic E-state index is 0.375. The van der Waals surface area contributed by atoms with Crippen LogP contribution in [0, 0.1) is 5.41 Å². The minimum atomic E-state index is -0.988. The van der Waals surface area contributed by atoms with Gasteiger partial charge in [0, 0.05) is 0 Å². The van der Waals surface area contributed by atoms with E-state index in [0.29, 0.717) is 26.1 Å². The molecule has 4 nitrogen and oxygen atoms in total. The predicted octanol–water partition coefficient (Wildman–Crippen LogP) is 3.62. The molecule has 0 aromatic rings. The van der Waals surface area contributed by atoms with Crippen LogP contribution in [0.5, 0.6) is 0 Å². The summed E-state index contributed by atoms with van der Waals surface area (Å²) in [6, 6.07) is 0. The van der Waals surface area contributed by atoms with E-state index in [-0.39, 0.29) is 11.9 Å². The Morgan fingerprint density at radius 1 is 0.850 bits per heavy atom. The van der Waals surface area contributed by atoms with Crippen LogP contribution in [0.4, 0.5) is 0 Å². The Labute approximate surface area is 122 Å². The van der Waals surface area contributed by atoms with Crippen LogP contribution in [0.2, 0.25) is 0 Å². The van der Waals surface area contributed by atoms with Crippen molar-refractivity contribution in [2.75, 3.05) is 13.2 Å². The maximum Gasteiger partial charge on any atom is 0.323 e. The summed E-state index contributed by atoms with van der Waals surface area (Å²) < 4.78 is 10.5. The quantitative estimate of drug-likeness (QED) is 0.349. The molecule has 1 saturated carbocycles. The molecule has 1 aliphatic carbocycles. The van der Waals surface area contributed by atoms with Gasteiger partial charge in [-0.2, -0.15) is 0 Å². The highest BCUT2D eigenvalue weighted by molar-refractivity contribution is 6.01. The minimum Gasteiger partial charge on any atom is -0.465 e. The number of ether oxygens (including phenoxy) is 2. The van der Waals surface area contributed by atoms with Crippen LogP contribution >= 0.6 is 0 Å². The van der Waals surface area contributed by atoms with E-state index in [1.54, 1.807) is 0 Å². The molecule has 1 rings (SSSR count). The van der Waals surface area contributed by atoms with E-state index in [0.717, 1.165) is 44.9 Å². The standard InChI is InChI=1S/C16H28O4/c1-3-5-7-12-19-14(17)16(10-9-11-16)15(18)20-13-8-6-4-2/h3-13H2,1-2H3. The first-order valence-corrected chi connectivity index (χ1v) is 8.02. The zero-order valence-electron chi connectivity index (χ0n) is 12.9. The number of carbonyl (C=O) groups is 2. The number of rotatable bonds is 10. The van der Waals surface area contributed by atoms with Crippen molar-refractivity contribution < 1.29 is 19.1 Å². The lowest BCUT2D eigenvalue weighted by Gasteiger charge is -2.36. The summed E-state index contributed by atoms with van der Waals surface area (Å²) in [7, 11) is 0. The van der Waals surface area contributed by atoms with Crippen molar-refractivity contribution in [1.82, 2.24) is 0 Å². The molecule has 0 radical (unpaired) electrons. The Bertz CT molecular complexity index is 282. The summed E-state index contributed by atoms with van der Waals surface area (Å²) in [5, 5.41) is 0. The number of unbranched alkanes of at least 4 members (excludes halogenated alkanes) is 4. The Morgan fingerprint density at radius 2 is 1.30 bits per heavy atom. The topological polar surface area (TPSA) is 52.6 Å². The lowest BCUT2D eigenvalue weighted by molar-refractivity contribution is -0.179. The smallest absolute Gasteiger partial charge is 0.323 e. The Morgan fingerprint density at radius 3 is 1.60 bits per heavy atom. The molecule has 4 heteroatoms. The van der Waals surface area contributed by atoms with Crippen molar-refractivity contribution in [3.63, 3.8) is 0 Å². The summed E-state index contributed by atoms with van der Waals surface area (Å²) in [4.78, 5) is 24.2. The molecule has 0 atom stereocenters. The fourth-order valence-corrected chi connectivity index (χ4v) is 2.33. The third-order valence-electron chi connectivity index (χ3n) is 3.95. The molecule has 0 aliphatic heterocycles. The molecule has 0 bridgehead atoms.